The lowest BCUT2D eigenvalue weighted by Crippen LogP contribution is -2.41. The van der Waals surface area contributed by atoms with Gasteiger partial charge in [0, 0.05) is 58.4 Å². The number of hydrogen-bond donors (Lipinski definition) is 1. The highest BCUT2D eigenvalue weighted by molar-refractivity contribution is 7.89. The predicted octanol–water partition coefficient (Wildman–Crippen LogP) is 0.815. The number of carbonyl (C=O) groups is 1. The fourth-order valence-corrected chi connectivity index (χ4v) is 4.85. The molecule has 1 aromatic rings. The molecule has 1 aromatic carbocycles. The van der Waals surface area contributed by atoms with Crippen LogP contribution in [0.3, 0.4) is 0 Å². The number of benzene rings is 1. The molecule has 0 spiro atoms. The van der Waals surface area contributed by atoms with Crippen molar-refractivity contribution in [3.63, 3.8) is 0 Å². The predicted molar refractivity (Wildman–Crippen MR) is 128 cm³/mol. The van der Waals surface area contributed by atoms with Crippen LogP contribution >= 0.6 is 0 Å². The topological polar surface area (TPSA) is 119 Å². The van der Waals surface area contributed by atoms with Gasteiger partial charge < -0.3 is 14.7 Å². The smallest absolute Gasteiger partial charge is 0.293 e. The fourth-order valence-electron chi connectivity index (χ4n) is 3.81. The van der Waals surface area contributed by atoms with E-state index in [1.165, 1.54) is 12.1 Å². The molecule has 0 aromatic heterocycles. The van der Waals surface area contributed by atoms with E-state index < -0.39 is 14.9 Å². The molecular formula is C21H36N6O5S. The third-order valence-electron chi connectivity index (χ3n) is 5.71. The number of nitro benzene ring substituents is 1. The minimum Gasteiger partial charge on any atom is -0.365 e. The molecule has 1 fully saturated rings. The minimum atomic E-state index is -3.85. The summed E-state index contributed by atoms with van der Waals surface area (Å²) < 4.78 is 27.6. The van der Waals surface area contributed by atoms with Gasteiger partial charge in [0.2, 0.25) is 15.9 Å². The van der Waals surface area contributed by atoms with E-state index in [4.69, 9.17) is 0 Å². The van der Waals surface area contributed by atoms with Crippen LogP contribution in [0.4, 0.5) is 11.4 Å². The third-order valence-corrected chi connectivity index (χ3v) is 7.17. The Kier molecular flexibility index (Phi) is 10.0. The normalized spacial score (nSPS) is 15.5. The van der Waals surface area contributed by atoms with Crippen molar-refractivity contribution >= 4 is 27.3 Å². The lowest BCUT2D eigenvalue weighted by molar-refractivity contribution is -0.384. The van der Waals surface area contributed by atoms with Gasteiger partial charge in [-0.15, -0.1) is 0 Å². The molecule has 1 aliphatic heterocycles. The first kappa shape index (κ1) is 27.0. The van der Waals surface area contributed by atoms with Crippen LogP contribution in [0.5, 0.6) is 0 Å². The summed E-state index contributed by atoms with van der Waals surface area (Å²) in [6, 6.07) is 4.04. The van der Waals surface area contributed by atoms with Crippen molar-refractivity contribution in [1.82, 2.24) is 19.4 Å². The number of nitro groups is 1. The number of nitrogens with one attached hydrogen (secondary N) is 1. The lowest BCUT2D eigenvalue weighted by Gasteiger charge is -2.25. The zero-order valence-corrected chi connectivity index (χ0v) is 20.8. The molecule has 0 unspecified atom stereocenters. The second kappa shape index (κ2) is 12.3. The molecule has 0 radical (unpaired) electrons. The van der Waals surface area contributed by atoms with Crippen LogP contribution in [0.15, 0.2) is 23.1 Å². The van der Waals surface area contributed by atoms with Crippen molar-refractivity contribution in [2.75, 3.05) is 77.9 Å². The maximum Gasteiger partial charge on any atom is 0.293 e. The number of likely N-dealkylation sites (N-methyl/N-ethyl adjacent to an activating group) is 2. The zero-order valence-electron chi connectivity index (χ0n) is 20.0. The molecule has 0 atom stereocenters. The summed E-state index contributed by atoms with van der Waals surface area (Å²) in [5, 5.41) is 11.8. The molecule has 12 heteroatoms. The first-order valence-electron chi connectivity index (χ1n) is 11.3. The van der Waals surface area contributed by atoms with Crippen LogP contribution in [0.25, 0.3) is 0 Å². The molecule has 2 rings (SSSR count). The Labute approximate surface area is 196 Å². The average Bonchev–Trinajstić information content (AvgIpc) is 2.99. The van der Waals surface area contributed by atoms with Crippen molar-refractivity contribution in [3.8, 4) is 0 Å². The first-order valence-corrected chi connectivity index (χ1v) is 12.7. The first-order chi connectivity index (χ1) is 15.6. The van der Waals surface area contributed by atoms with Crippen LogP contribution in [0.2, 0.25) is 0 Å². The van der Waals surface area contributed by atoms with Crippen molar-refractivity contribution in [1.29, 1.82) is 0 Å². The van der Waals surface area contributed by atoms with Crippen LogP contribution < -0.4 is 9.62 Å². The zero-order chi connectivity index (χ0) is 24.6. The maximum absolute atomic E-state index is 12.6. The molecule has 186 valence electrons. The van der Waals surface area contributed by atoms with Gasteiger partial charge in [-0.05, 0) is 46.5 Å². The van der Waals surface area contributed by atoms with Crippen molar-refractivity contribution in [3.05, 3.63) is 28.3 Å². The monoisotopic (exact) mass is 484 g/mol. The van der Waals surface area contributed by atoms with Crippen molar-refractivity contribution in [2.24, 2.45) is 0 Å². The largest absolute Gasteiger partial charge is 0.365 e. The molecule has 1 N–H and O–H groups in total. The van der Waals surface area contributed by atoms with E-state index in [0.717, 1.165) is 19.0 Å². The summed E-state index contributed by atoms with van der Waals surface area (Å²) in [6.07, 6.45) is 0.745. The van der Waals surface area contributed by atoms with Crippen molar-refractivity contribution < 1.29 is 18.1 Å². The number of anilines is 1. The number of rotatable bonds is 11. The molecular weight excluding hydrogens is 448 g/mol. The van der Waals surface area contributed by atoms with E-state index in [9.17, 15) is 23.3 Å². The van der Waals surface area contributed by atoms with Gasteiger partial charge in [-0.3, -0.25) is 19.8 Å². The van der Waals surface area contributed by atoms with Crippen LogP contribution in [0.1, 0.15) is 20.3 Å². The van der Waals surface area contributed by atoms with Gasteiger partial charge in [0.05, 0.1) is 16.4 Å². The van der Waals surface area contributed by atoms with E-state index in [0.29, 0.717) is 51.5 Å². The highest BCUT2D eigenvalue weighted by Gasteiger charge is 2.26. The van der Waals surface area contributed by atoms with Crippen molar-refractivity contribution in [2.45, 2.75) is 25.2 Å². The second-order valence-electron chi connectivity index (χ2n) is 8.29. The molecule has 0 bridgehead atoms. The molecule has 0 saturated carbocycles. The summed E-state index contributed by atoms with van der Waals surface area (Å²) in [5.41, 5.74) is 0.155. The molecule has 1 aliphatic rings. The molecule has 33 heavy (non-hydrogen) atoms. The highest BCUT2D eigenvalue weighted by atomic mass is 32.2. The molecule has 11 nitrogen and oxygen atoms in total. The molecule has 0 aliphatic carbocycles. The Morgan fingerprint density at radius 1 is 1.15 bits per heavy atom. The van der Waals surface area contributed by atoms with E-state index >= 15 is 0 Å². The summed E-state index contributed by atoms with van der Waals surface area (Å²) in [5.74, 6) is 0.0794. The number of hydrogen-bond acceptors (Lipinski definition) is 8. The van der Waals surface area contributed by atoms with Gasteiger partial charge in [0.25, 0.3) is 5.69 Å². The fraction of sp³-hybridized carbons (Fsp3) is 0.667. The van der Waals surface area contributed by atoms with Crippen LogP contribution in [0, 0.1) is 10.1 Å². The number of carbonyl (C=O) groups excluding carboxylic acids is 1. The minimum absolute atomic E-state index is 0.0794. The SMILES string of the molecule is CCN(CC)C(=O)CN1CCCN(c2ccc(S(=O)(=O)NCCN(C)C)cc2[N+](=O)[O-])CC1. The van der Waals surface area contributed by atoms with E-state index in [2.05, 4.69) is 9.62 Å². The van der Waals surface area contributed by atoms with E-state index in [1.54, 1.807) is 4.90 Å². The van der Waals surface area contributed by atoms with Gasteiger partial charge in [-0.25, -0.2) is 13.1 Å². The van der Waals surface area contributed by atoms with Gasteiger partial charge >= 0.3 is 0 Å². The van der Waals surface area contributed by atoms with Crippen LogP contribution in [-0.2, 0) is 14.8 Å². The average molecular weight is 485 g/mol. The Morgan fingerprint density at radius 2 is 1.85 bits per heavy atom. The van der Waals surface area contributed by atoms with E-state index in [1.807, 2.05) is 37.7 Å². The van der Waals surface area contributed by atoms with Gasteiger partial charge in [0.15, 0.2) is 0 Å². The Morgan fingerprint density at radius 3 is 2.45 bits per heavy atom. The highest BCUT2D eigenvalue weighted by Crippen LogP contribution is 2.31. The number of nitrogens with zero attached hydrogens (tertiary/aromatic N) is 5. The third kappa shape index (κ3) is 7.63. The van der Waals surface area contributed by atoms with Gasteiger partial charge in [0.1, 0.15) is 5.69 Å². The Bertz CT molecular complexity index is 920. The second-order valence-corrected chi connectivity index (χ2v) is 10.1. The quantitative estimate of drug-likeness (QED) is 0.362. The Balaban J connectivity index is 2.15. The standard InChI is InChI=1S/C21H36N6O5S/c1-5-25(6-2)21(28)17-24-11-7-12-26(15-14-24)19-9-8-18(16-20(19)27(29)30)33(31,32)22-10-13-23(3)4/h8-9,16,22H,5-7,10-15,17H2,1-4H3. The van der Waals surface area contributed by atoms with Gasteiger partial charge in [-0.1, -0.05) is 0 Å². The summed E-state index contributed by atoms with van der Waals surface area (Å²) in [6.45, 7) is 8.70. The summed E-state index contributed by atoms with van der Waals surface area (Å²) in [7, 11) is -0.194. The molecule has 1 saturated heterocycles. The van der Waals surface area contributed by atoms with Gasteiger partial charge in [-0.2, -0.15) is 0 Å². The molecule has 1 heterocycles. The lowest BCUT2D eigenvalue weighted by atomic mass is 10.2. The molecule has 1 amide bonds. The number of sulfonamides is 1. The summed E-state index contributed by atoms with van der Waals surface area (Å²) >= 11 is 0. The summed E-state index contributed by atoms with van der Waals surface area (Å²) in [4.78, 5) is 31.2. The van der Waals surface area contributed by atoms with Crippen LogP contribution in [-0.4, -0.2) is 107 Å². The van der Waals surface area contributed by atoms with E-state index in [-0.39, 0.29) is 23.0 Å². The number of amides is 1. The Hall–Kier alpha value is -2.28. The maximum atomic E-state index is 12.6.